The Hall–Kier alpha value is -2.51. The summed E-state index contributed by atoms with van der Waals surface area (Å²) in [6.07, 6.45) is 1.73. The van der Waals surface area contributed by atoms with E-state index in [1.165, 1.54) is 12.1 Å². The van der Waals surface area contributed by atoms with Crippen LogP contribution in [0.5, 0.6) is 0 Å². The Morgan fingerprint density at radius 1 is 1.14 bits per heavy atom. The molecule has 1 aromatic heterocycles. The number of amides is 1. The van der Waals surface area contributed by atoms with Crippen LogP contribution in [0.1, 0.15) is 40.6 Å². The molecule has 0 bridgehead atoms. The van der Waals surface area contributed by atoms with E-state index in [4.69, 9.17) is 9.15 Å². The number of nitrogens with zero attached hydrogens (tertiary/aromatic N) is 1. The molecule has 148 valence electrons. The molecule has 3 aromatic rings. The standard InChI is InChI=1S/C22H17BrFNO4/c23-13-5-3-12(4-6-13)19-18-20(26)16-10-14(24)7-8-17(16)29-21(18)22(27)25(19)11-15-2-1-9-28-15/h3-8,10,15,19H,1-2,9,11H2/t15-,19+/m0/s1. The first kappa shape index (κ1) is 18.5. The molecule has 0 saturated carbocycles. The monoisotopic (exact) mass is 457 g/mol. The second-order valence-corrected chi connectivity index (χ2v) is 8.28. The summed E-state index contributed by atoms with van der Waals surface area (Å²) in [7, 11) is 0. The summed E-state index contributed by atoms with van der Waals surface area (Å²) in [5.41, 5.74) is 0.878. The smallest absolute Gasteiger partial charge is 0.291 e. The van der Waals surface area contributed by atoms with Crippen LogP contribution in [-0.4, -0.2) is 30.1 Å². The average Bonchev–Trinajstić information content (AvgIpc) is 3.32. The molecule has 1 fully saturated rings. The van der Waals surface area contributed by atoms with Crippen molar-refractivity contribution in [2.24, 2.45) is 0 Å². The van der Waals surface area contributed by atoms with Crippen molar-refractivity contribution in [3.63, 3.8) is 0 Å². The fourth-order valence-corrected chi connectivity index (χ4v) is 4.44. The lowest BCUT2D eigenvalue weighted by molar-refractivity contribution is 0.0486. The molecule has 0 radical (unpaired) electrons. The summed E-state index contributed by atoms with van der Waals surface area (Å²) in [5.74, 6) is -0.836. The third-order valence-corrected chi connectivity index (χ3v) is 6.07. The molecule has 2 aliphatic heterocycles. The van der Waals surface area contributed by atoms with Crippen molar-refractivity contribution in [3.8, 4) is 0 Å². The first-order valence-electron chi connectivity index (χ1n) is 9.47. The minimum Gasteiger partial charge on any atom is -0.450 e. The molecular formula is C22H17BrFNO4. The zero-order chi connectivity index (χ0) is 20.1. The highest BCUT2D eigenvalue weighted by Gasteiger charge is 2.43. The fraction of sp³-hybridized carbons (Fsp3) is 0.273. The molecule has 0 unspecified atom stereocenters. The summed E-state index contributed by atoms with van der Waals surface area (Å²) in [5, 5.41) is 0.137. The molecular weight excluding hydrogens is 441 g/mol. The van der Waals surface area contributed by atoms with E-state index >= 15 is 0 Å². The molecule has 7 heteroatoms. The van der Waals surface area contributed by atoms with Crippen LogP contribution in [0.25, 0.3) is 11.0 Å². The molecule has 5 nitrogen and oxygen atoms in total. The van der Waals surface area contributed by atoms with Gasteiger partial charge in [0.1, 0.15) is 11.4 Å². The number of halogens is 2. The molecule has 0 aliphatic carbocycles. The van der Waals surface area contributed by atoms with E-state index in [-0.39, 0.29) is 39.7 Å². The van der Waals surface area contributed by atoms with Gasteiger partial charge in [0.2, 0.25) is 5.76 Å². The van der Waals surface area contributed by atoms with Crippen LogP contribution >= 0.6 is 15.9 Å². The highest BCUT2D eigenvalue weighted by molar-refractivity contribution is 9.10. The van der Waals surface area contributed by atoms with Gasteiger partial charge >= 0.3 is 0 Å². The Kier molecular flexibility index (Phi) is 4.52. The van der Waals surface area contributed by atoms with Gasteiger partial charge in [-0.15, -0.1) is 0 Å². The Labute approximate surface area is 174 Å². The van der Waals surface area contributed by atoms with Crippen molar-refractivity contribution in [1.82, 2.24) is 4.90 Å². The molecule has 0 spiro atoms. The third kappa shape index (κ3) is 3.09. The Morgan fingerprint density at radius 2 is 1.93 bits per heavy atom. The molecule has 2 aliphatic rings. The van der Waals surface area contributed by atoms with Crippen LogP contribution in [0.3, 0.4) is 0 Å². The normalized spacial score (nSPS) is 21.2. The van der Waals surface area contributed by atoms with Gasteiger partial charge in [-0.3, -0.25) is 9.59 Å². The summed E-state index contributed by atoms with van der Waals surface area (Å²) < 4.78 is 26.2. The van der Waals surface area contributed by atoms with Crippen LogP contribution in [0.2, 0.25) is 0 Å². The molecule has 1 saturated heterocycles. The maximum absolute atomic E-state index is 13.8. The van der Waals surface area contributed by atoms with Crippen molar-refractivity contribution in [1.29, 1.82) is 0 Å². The van der Waals surface area contributed by atoms with Crippen LogP contribution in [0.4, 0.5) is 4.39 Å². The summed E-state index contributed by atoms with van der Waals surface area (Å²) in [4.78, 5) is 28.2. The van der Waals surface area contributed by atoms with E-state index in [1.54, 1.807) is 4.90 Å². The second-order valence-electron chi connectivity index (χ2n) is 7.36. The number of ether oxygens (including phenoxy) is 1. The van der Waals surface area contributed by atoms with E-state index in [1.807, 2.05) is 24.3 Å². The molecule has 5 rings (SSSR count). The summed E-state index contributed by atoms with van der Waals surface area (Å²) >= 11 is 3.42. The Morgan fingerprint density at radius 3 is 2.66 bits per heavy atom. The van der Waals surface area contributed by atoms with Crippen molar-refractivity contribution < 1.29 is 18.3 Å². The molecule has 29 heavy (non-hydrogen) atoms. The minimum atomic E-state index is -0.598. The topological polar surface area (TPSA) is 59.8 Å². The number of fused-ring (bicyclic) bond motifs is 2. The summed E-state index contributed by atoms with van der Waals surface area (Å²) in [6.45, 7) is 1.04. The van der Waals surface area contributed by atoms with Gasteiger partial charge in [-0.25, -0.2) is 4.39 Å². The number of hydrogen-bond acceptors (Lipinski definition) is 4. The van der Waals surface area contributed by atoms with Gasteiger partial charge in [0.05, 0.1) is 23.1 Å². The molecule has 2 aromatic carbocycles. The number of rotatable bonds is 3. The van der Waals surface area contributed by atoms with E-state index in [0.29, 0.717) is 13.2 Å². The Balaban J connectivity index is 1.71. The predicted octanol–water partition coefficient (Wildman–Crippen LogP) is 4.42. The minimum absolute atomic E-state index is 0.0278. The predicted molar refractivity (Wildman–Crippen MR) is 108 cm³/mol. The maximum atomic E-state index is 13.8. The SMILES string of the molecule is O=C1c2oc3ccc(F)cc3c(=O)c2[C@@H](c2ccc(Br)cc2)N1C[C@@H]1CCCO1. The van der Waals surface area contributed by atoms with Gasteiger partial charge in [-0.2, -0.15) is 0 Å². The van der Waals surface area contributed by atoms with Crippen LogP contribution < -0.4 is 5.43 Å². The van der Waals surface area contributed by atoms with Crippen molar-refractivity contribution in [2.75, 3.05) is 13.2 Å². The molecule has 3 heterocycles. The second kappa shape index (κ2) is 7.07. The fourth-order valence-electron chi connectivity index (χ4n) is 4.18. The molecule has 0 N–H and O–H groups in total. The number of benzene rings is 2. The molecule has 2 atom stereocenters. The van der Waals surface area contributed by atoms with E-state index in [0.717, 1.165) is 28.9 Å². The van der Waals surface area contributed by atoms with Gasteiger partial charge in [0.25, 0.3) is 5.91 Å². The van der Waals surface area contributed by atoms with Gasteiger partial charge in [-0.1, -0.05) is 28.1 Å². The lowest BCUT2D eigenvalue weighted by Crippen LogP contribution is -2.36. The van der Waals surface area contributed by atoms with Crippen LogP contribution in [0, 0.1) is 5.82 Å². The van der Waals surface area contributed by atoms with Gasteiger partial charge in [0.15, 0.2) is 5.43 Å². The van der Waals surface area contributed by atoms with E-state index < -0.39 is 11.9 Å². The van der Waals surface area contributed by atoms with Gasteiger partial charge in [0, 0.05) is 17.6 Å². The maximum Gasteiger partial charge on any atom is 0.291 e. The lowest BCUT2D eigenvalue weighted by atomic mass is 9.98. The number of carbonyl (C=O) groups excluding carboxylic acids is 1. The largest absolute Gasteiger partial charge is 0.450 e. The van der Waals surface area contributed by atoms with Crippen molar-refractivity contribution >= 4 is 32.8 Å². The average molecular weight is 458 g/mol. The zero-order valence-electron chi connectivity index (χ0n) is 15.4. The first-order chi connectivity index (χ1) is 14.0. The summed E-state index contributed by atoms with van der Waals surface area (Å²) in [6, 6.07) is 10.6. The first-order valence-corrected chi connectivity index (χ1v) is 10.3. The third-order valence-electron chi connectivity index (χ3n) is 5.54. The van der Waals surface area contributed by atoms with E-state index in [2.05, 4.69) is 15.9 Å². The van der Waals surface area contributed by atoms with Crippen LogP contribution in [-0.2, 0) is 4.74 Å². The quantitative estimate of drug-likeness (QED) is 0.583. The molecule has 1 amide bonds. The van der Waals surface area contributed by atoms with Gasteiger partial charge in [-0.05, 0) is 48.7 Å². The Bertz CT molecular complexity index is 1170. The van der Waals surface area contributed by atoms with Crippen LogP contribution in [0.15, 0.2) is 56.1 Å². The van der Waals surface area contributed by atoms with E-state index in [9.17, 15) is 14.0 Å². The van der Waals surface area contributed by atoms with Crippen molar-refractivity contribution in [2.45, 2.75) is 25.0 Å². The highest BCUT2D eigenvalue weighted by atomic mass is 79.9. The highest BCUT2D eigenvalue weighted by Crippen LogP contribution is 2.39. The number of hydrogen-bond donors (Lipinski definition) is 0. The zero-order valence-corrected chi connectivity index (χ0v) is 16.9. The number of carbonyl (C=O) groups is 1. The lowest BCUT2D eigenvalue weighted by Gasteiger charge is -2.27. The van der Waals surface area contributed by atoms with Crippen molar-refractivity contribution in [3.05, 3.63) is 79.9 Å². The van der Waals surface area contributed by atoms with Gasteiger partial charge < -0.3 is 14.1 Å².